The maximum absolute atomic E-state index is 11.8. The SMILES string of the molecule is Nc1ccnc(CCC(F)(F)F)n1. The third-order valence-corrected chi connectivity index (χ3v) is 1.36. The molecule has 13 heavy (non-hydrogen) atoms. The van der Waals surface area contributed by atoms with Crippen LogP contribution in [-0.4, -0.2) is 16.1 Å². The number of nitrogen functional groups attached to an aromatic ring is 1. The average molecular weight is 191 g/mol. The molecular weight excluding hydrogens is 183 g/mol. The summed E-state index contributed by atoms with van der Waals surface area (Å²) < 4.78 is 35.3. The fourth-order valence-corrected chi connectivity index (χ4v) is 0.789. The Bertz CT molecular complexity index is 285. The quantitative estimate of drug-likeness (QED) is 0.771. The lowest BCUT2D eigenvalue weighted by molar-refractivity contribution is -0.134. The van der Waals surface area contributed by atoms with Crippen LogP contribution in [0.25, 0.3) is 0 Å². The van der Waals surface area contributed by atoms with Crippen LogP contribution in [0.4, 0.5) is 19.0 Å². The molecule has 0 saturated heterocycles. The highest BCUT2D eigenvalue weighted by Crippen LogP contribution is 2.20. The largest absolute Gasteiger partial charge is 0.389 e. The van der Waals surface area contributed by atoms with Gasteiger partial charge in [0.15, 0.2) is 0 Å². The molecule has 0 saturated carbocycles. The first-order valence-electron chi connectivity index (χ1n) is 3.61. The molecule has 0 bridgehead atoms. The smallest absolute Gasteiger partial charge is 0.384 e. The van der Waals surface area contributed by atoms with Gasteiger partial charge in [0.2, 0.25) is 0 Å². The highest BCUT2D eigenvalue weighted by Gasteiger charge is 2.26. The van der Waals surface area contributed by atoms with Crippen molar-refractivity contribution in [1.82, 2.24) is 9.97 Å². The number of aromatic nitrogens is 2. The van der Waals surface area contributed by atoms with Crippen molar-refractivity contribution in [2.45, 2.75) is 19.0 Å². The van der Waals surface area contributed by atoms with E-state index in [1.807, 2.05) is 0 Å². The molecule has 0 spiro atoms. The van der Waals surface area contributed by atoms with Crippen LogP contribution in [0, 0.1) is 0 Å². The molecule has 0 aliphatic rings. The molecule has 3 nitrogen and oxygen atoms in total. The molecule has 0 aliphatic carbocycles. The molecule has 0 radical (unpaired) electrons. The Morgan fingerprint density at radius 2 is 2.08 bits per heavy atom. The number of rotatable bonds is 2. The van der Waals surface area contributed by atoms with Gasteiger partial charge in [-0.2, -0.15) is 13.2 Å². The second-order valence-corrected chi connectivity index (χ2v) is 2.51. The standard InChI is InChI=1S/C7H8F3N3/c8-7(9,10)3-1-6-12-4-2-5(11)13-6/h2,4H,1,3H2,(H2,11,12,13). The molecule has 0 atom stereocenters. The van der Waals surface area contributed by atoms with Gasteiger partial charge in [-0.3, -0.25) is 0 Å². The second-order valence-electron chi connectivity index (χ2n) is 2.51. The minimum Gasteiger partial charge on any atom is -0.384 e. The van der Waals surface area contributed by atoms with E-state index in [1.165, 1.54) is 12.3 Å². The zero-order valence-electron chi connectivity index (χ0n) is 6.67. The Morgan fingerprint density at radius 3 is 2.62 bits per heavy atom. The fraction of sp³-hybridized carbons (Fsp3) is 0.429. The van der Waals surface area contributed by atoms with Gasteiger partial charge >= 0.3 is 6.18 Å². The number of hydrogen-bond donors (Lipinski definition) is 1. The summed E-state index contributed by atoms with van der Waals surface area (Å²) in [6, 6.07) is 1.43. The first kappa shape index (κ1) is 9.76. The Hall–Kier alpha value is -1.33. The van der Waals surface area contributed by atoms with Gasteiger partial charge in [-0.15, -0.1) is 0 Å². The molecule has 6 heteroatoms. The van der Waals surface area contributed by atoms with Crippen molar-refractivity contribution >= 4 is 5.82 Å². The van der Waals surface area contributed by atoms with Crippen molar-refractivity contribution in [1.29, 1.82) is 0 Å². The van der Waals surface area contributed by atoms with Gasteiger partial charge < -0.3 is 5.73 Å². The topological polar surface area (TPSA) is 51.8 Å². The van der Waals surface area contributed by atoms with Crippen LogP contribution < -0.4 is 5.73 Å². The highest BCUT2D eigenvalue weighted by atomic mass is 19.4. The molecule has 0 aromatic carbocycles. The van der Waals surface area contributed by atoms with E-state index in [2.05, 4.69) is 9.97 Å². The Labute approximate surface area is 72.8 Å². The van der Waals surface area contributed by atoms with Gasteiger partial charge in [-0.1, -0.05) is 0 Å². The predicted molar refractivity (Wildman–Crippen MR) is 40.8 cm³/mol. The lowest BCUT2D eigenvalue weighted by Crippen LogP contribution is -2.10. The van der Waals surface area contributed by atoms with Gasteiger partial charge in [0.1, 0.15) is 11.6 Å². The summed E-state index contributed by atoms with van der Waals surface area (Å²) in [4.78, 5) is 7.29. The van der Waals surface area contributed by atoms with Crippen LogP contribution in [0.3, 0.4) is 0 Å². The zero-order valence-corrected chi connectivity index (χ0v) is 6.67. The van der Waals surface area contributed by atoms with E-state index in [0.29, 0.717) is 0 Å². The summed E-state index contributed by atoms with van der Waals surface area (Å²) in [5.74, 6) is 0.310. The highest BCUT2D eigenvalue weighted by molar-refractivity contribution is 5.24. The van der Waals surface area contributed by atoms with E-state index in [0.717, 1.165) is 0 Å². The third-order valence-electron chi connectivity index (χ3n) is 1.36. The Kier molecular flexibility index (Phi) is 2.69. The van der Waals surface area contributed by atoms with Crippen molar-refractivity contribution < 1.29 is 13.2 Å². The van der Waals surface area contributed by atoms with Crippen molar-refractivity contribution in [3.8, 4) is 0 Å². The Morgan fingerprint density at radius 1 is 1.38 bits per heavy atom. The normalized spacial score (nSPS) is 11.6. The molecule has 72 valence electrons. The molecule has 0 unspecified atom stereocenters. The summed E-state index contributed by atoms with van der Waals surface area (Å²) in [5, 5.41) is 0. The monoisotopic (exact) mass is 191 g/mol. The lowest BCUT2D eigenvalue weighted by Gasteiger charge is -2.04. The van der Waals surface area contributed by atoms with Gasteiger partial charge in [-0.25, -0.2) is 9.97 Å². The molecule has 1 aromatic rings. The zero-order chi connectivity index (χ0) is 9.90. The third kappa shape index (κ3) is 3.73. The summed E-state index contributed by atoms with van der Waals surface area (Å²) >= 11 is 0. The lowest BCUT2D eigenvalue weighted by atomic mass is 10.3. The summed E-state index contributed by atoms with van der Waals surface area (Å²) in [7, 11) is 0. The molecular formula is C7H8F3N3. The van der Waals surface area contributed by atoms with Gasteiger partial charge in [0, 0.05) is 12.6 Å². The molecule has 1 heterocycles. The average Bonchev–Trinajstić information content (AvgIpc) is 2.00. The molecule has 2 N–H and O–H groups in total. The van der Waals surface area contributed by atoms with Crippen LogP contribution in [0.2, 0.25) is 0 Å². The summed E-state index contributed by atoms with van der Waals surface area (Å²) in [6.07, 6.45) is -3.98. The summed E-state index contributed by atoms with van der Waals surface area (Å²) in [5.41, 5.74) is 5.27. The number of anilines is 1. The molecule has 1 aromatic heterocycles. The minimum absolute atomic E-state index is 0.123. The Balaban J connectivity index is 2.55. The van der Waals surface area contributed by atoms with Gasteiger partial charge in [0.25, 0.3) is 0 Å². The van der Waals surface area contributed by atoms with E-state index < -0.39 is 12.6 Å². The number of nitrogens with two attached hydrogens (primary N) is 1. The van der Waals surface area contributed by atoms with Crippen LogP contribution in [-0.2, 0) is 6.42 Å². The first-order valence-corrected chi connectivity index (χ1v) is 3.61. The summed E-state index contributed by atoms with van der Waals surface area (Å²) in [6.45, 7) is 0. The maximum atomic E-state index is 11.8. The van der Waals surface area contributed by atoms with Crippen molar-refractivity contribution in [2.75, 3.05) is 5.73 Å². The molecule has 1 rings (SSSR count). The number of halogens is 3. The minimum atomic E-state index is -4.17. The van der Waals surface area contributed by atoms with Crippen molar-refractivity contribution in [3.05, 3.63) is 18.1 Å². The van der Waals surface area contributed by atoms with E-state index in [-0.39, 0.29) is 18.1 Å². The molecule has 0 fully saturated rings. The second kappa shape index (κ2) is 3.59. The molecule has 0 aliphatic heterocycles. The van der Waals surface area contributed by atoms with Gasteiger partial charge in [0.05, 0.1) is 6.42 Å². The van der Waals surface area contributed by atoms with E-state index in [9.17, 15) is 13.2 Å². The number of aryl methyl sites for hydroxylation is 1. The van der Waals surface area contributed by atoms with Crippen LogP contribution >= 0.6 is 0 Å². The van der Waals surface area contributed by atoms with Crippen molar-refractivity contribution in [3.63, 3.8) is 0 Å². The first-order chi connectivity index (χ1) is 5.97. The van der Waals surface area contributed by atoms with Crippen LogP contribution in [0.1, 0.15) is 12.2 Å². The predicted octanol–water partition coefficient (Wildman–Crippen LogP) is 1.55. The van der Waals surface area contributed by atoms with Crippen LogP contribution in [0.15, 0.2) is 12.3 Å². The van der Waals surface area contributed by atoms with Crippen molar-refractivity contribution in [2.24, 2.45) is 0 Å². The van der Waals surface area contributed by atoms with E-state index in [1.54, 1.807) is 0 Å². The number of hydrogen-bond acceptors (Lipinski definition) is 3. The fourth-order valence-electron chi connectivity index (χ4n) is 0.789. The van der Waals surface area contributed by atoms with Crippen LogP contribution in [0.5, 0.6) is 0 Å². The molecule has 0 amide bonds. The van der Waals surface area contributed by atoms with E-state index >= 15 is 0 Å². The maximum Gasteiger partial charge on any atom is 0.389 e. The van der Waals surface area contributed by atoms with Gasteiger partial charge in [-0.05, 0) is 6.07 Å². The number of alkyl halides is 3. The van der Waals surface area contributed by atoms with E-state index in [4.69, 9.17) is 5.73 Å². The number of nitrogens with zero attached hydrogens (tertiary/aromatic N) is 2.